The quantitative estimate of drug-likeness (QED) is 0.711. The molecule has 0 radical (unpaired) electrons. The van der Waals surface area contributed by atoms with Crippen molar-refractivity contribution in [1.82, 2.24) is 20.2 Å². The summed E-state index contributed by atoms with van der Waals surface area (Å²) in [5.41, 5.74) is 0. The first-order valence-corrected chi connectivity index (χ1v) is 4.76. The number of tetrazole rings is 1. The van der Waals surface area contributed by atoms with Crippen LogP contribution in [0.25, 0.3) is 0 Å². The van der Waals surface area contributed by atoms with E-state index in [4.69, 9.17) is 5.11 Å². The minimum Gasteiger partial charge on any atom is -0.396 e. The van der Waals surface area contributed by atoms with Gasteiger partial charge in [0.2, 0.25) is 5.95 Å². The van der Waals surface area contributed by atoms with Crippen LogP contribution in [-0.4, -0.2) is 44.5 Å². The van der Waals surface area contributed by atoms with E-state index in [-0.39, 0.29) is 6.61 Å². The Bertz CT molecular complexity index is 272. The molecular formula is C8H17N5O. The summed E-state index contributed by atoms with van der Waals surface area (Å²) in [6.07, 6.45) is 0.727. The highest BCUT2D eigenvalue weighted by molar-refractivity contribution is 5.28. The molecule has 0 saturated carbocycles. The molecule has 0 aromatic carbocycles. The number of rotatable bonds is 5. The summed E-state index contributed by atoms with van der Waals surface area (Å²) >= 11 is 0. The summed E-state index contributed by atoms with van der Waals surface area (Å²) in [7, 11) is 1.81. The molecule has 1 aromatic heterocycles. The Morgan fingerprint density at radius 1 is 1.50 bits per heavy atom. The molecule has 1 N–H and O–H groups in total. The molecular weight excluding hydrogens is 182 g/mol. The van der Waals surface area contributed by atoms with Crippen LogP contribution in [0.3, 0.4) is 0 Å². The van der Waals surface area contributed by atoms with Gasteiger partial charge in [-0.2, -0.15) is 0 Å². The van der Waals surface area contributed by atoms with E-state index in [1.54, 1.807) is 4.68 Å². The van der Waals surface area contributed by atoms with Crippen molar-refractivity contribution in [3.63, 3.8) is 0 Å². The molecule has 0 unspecified atom stereocenters. The van der Waals surface area contributed by atoms with Crippen molar-refractivity contribution in [2.75, 3.05) is 18.1 Å². The lowest BCUT2D eigenvalue weighted by Gasteiger charge is -2.25. The molecule has 0 aliphatic carbocycles. The van der Waals surface area contributed by atoms with Gasteiger partial charge in [0.15, 0.2) is 0 Å². The molecule has 80 valence electrons. The third-order valence-corrected chi connectivity index (χ3v) is 2.04. The number of aliphatic hydroxyl groups excluding tert-OH is 1. The summed E-state index contributed by atoms with van der Waals surface area (Å²) in [5, 5.41) is 20.1. The number of aliphatic hydroxyl groups is 1. The third-order valence-electron chi connectivity index (χ3n) is 2.04. The molecule has 0 saturated heterocycles. The number of hydrogen-bond acceptors (Lipinski definition) is 5. The summed E-state index contributed by atoms with van der Waals surface area (Å²) in [4.78, 5) is 2.07. The largest absolute Gasteiger partial charge is 0.396 e. The first-order chi connectivity index (χ1) is 6.66. The third kappa shape index (κ3) is 2.41. The van der Waals surface area contributed by atoms with Gasteiger partial charge in [0.05, 0.1) is 0 Å². The number of hydrogen-bond donors (Lipinski definition) is 1. The van der Waals surface area contributed by atoms with Gasteiger partial charge < -0.3 is 10.0 Å². The molecule has 1 heterocycles. The van der Waals surface area contributed by atoms with Crippen LogP contribution in [0.5, 0.6) is 0 Å². The predicted octanol–water partition coefficient (Wildman–Crippen LogP) is -0.193. The van der Waals surface area contributed by atoms with Gasteiger partial charge in [-0.05, 0) is 30.7 Å². The van der Waals surface area contributed by atoms with E-state index in [1.807, 2.05) is 7.05 Å². The second-order valence-corrected chi connectivity index (χ2v) is 3.47. The van der Waals surface area contributed by atoms with Crippen LogP contribution in [0.15, 0.2) is 0 Å². The Labute approximate surface area is 83.5 Å². The van der Waals surface area contributed by atoms with E-state index in [0.717, 1.165) is 18.9 Å². The Morgan fingerprint density at radius 3 is 2.64 bits per heavy atom. The topological polar surface area (TPSA) is 67.1 Å². The maximum Gasteiger partial charge on any atom is 0.245 e. The van der Waals surface area contributed by atoms with Gasteiger partial charge in [-0.1, -0.05) is 5.10 Å². The first-order valence-electron chi connectivity index (χ1n) is 4.76. The van der Waals surface area contributed by atoms with Gasteiger partial charge in [-0.15, -0.1) is 0 Å². The Kier molecular flexibility index (Phi) is 3.82. The van der Waals surface area contributed by atoms with E-state index in [1.165, 1.54) is 0 Å². The molecule has 14 heavy (non-hydrogen) atoms. The van der Waals surface area contributed by atoms with Crippen LogP contribution in [0, 0.1) is 0 Å². The minimum absolute atomic E-state index is 0.189. The molecule has 0 amide bonds. The van der Waals surface area contributed by atoms with Crippen molar-refractivity contribution in [2.24, 2.45) is 7.05 Å². The molecule has 1 aromatic rings. The standard InChI is InChI=1S/C8H17N5O/c1-7(2)13(5-4-6-14)8-9-10-11-12(8)3/h7,14H,4-6H2,1-3H3. The van der Waals surface area contributed by atoms with Crippen molar-refractivity contribution in [1.29, 1.82) is 0 Å². The normalized spacial score (nSPS) is 10.9. The van der Waals surface area contributed by atoms with Gasteiger partial charge in [-0.25, -0.2) is 4.68 Å². The second-order valence-electron chi connectivity index (χ2n) is 3.47. The molecule has 0 aliphatic heterocycles. The van der Waals surface area contributed by atoms with Crippen LogP contribution >= 0.6 is 0 Å². The maximum absolute atomic E-state index is 8.78. The number of aryl methyl sites for hydroxylation is 1. The zero-order valence-electron chi connectivity index (χ0n) is 8.88. The number of aromatic nitrogens is 4. The molecule has 0 bridgehead atoms. The molecule has 6 nitrogen and oxygen atoms in total. The average molecular weight is 199 g/mol. The summed E-state index contributed by atoms with van der Waals surface area (Å²) in [6, 6.07) is 0.325. The Morgan fingerprint density at radius 2 is 2.21 bits per heavy atom. The highest BCUT2D eigenvalue weighted by atomic mass is 16.3. The Balaban J connectivity index is 2.73. The smallest absolute Gasteiger partial charge is 0.245 e. The molecule has 0 fully saturated rings. The predicted molar refractivity (Wildman–Crippen MR) is 53.0 cm³/mol. The highest BCUT2D eigenvalue weighted by Crippen LogP contribution is 2.11. The van der Waals surface area contributed by atoms with E-state index in [2.05, 4.69) is 34.3 Å². The maximum atomic E-state index is 8.78. The van der Waals surface area contributed by atoms with Crippen molar-refractivity contribution >= 4 is 5.95 Å². The Hall–Kier alpha value is -1.17. The van der Waals surface area contributed by atoms with Crippen LogP contribution in [0.2, 0.25) is 0 Å². The van der Waals surface area contributed by atoms with Gasteiger partial charge in [0, 0.05) is 26.2 Å². The number of anilines is 1. The van der Waals surface area contributed by atoms with Crippen LogP contribution in [0.4, 0.5) is 5.95 Å². The molecule has 0 atom stereocenters. The monoisotopic (exact) mass is 199 g/mol. The van der Waals surface area contributed by atoms with Crippen molar-refractivity contribution in [3.05, 3.63) is 0 Å². The SMILES string of the molecule is CC(C)N(CCCO)c1nnnn1C. The van der Waals surface area contributed by atoms with Gasteiger partial charge in [0.1, 0.15) is 0 Å². The molecule has 6 heteroatoms. The molecule has 1 rings (SSSR count). The zero-order chi connectivity index (χ0) is 10.6. The van der Waals surface area contributed by atoms with Gasteiger partial charge >= 0.3 is 0 Å². The second kappa shape index (κ2) is 4.90. The zero-order valence-corrected chi connectivity index (χ0v) is 8.88. The van der Waals surface area contributed by atoms with E-state index in [0.29, 0.717) is 6.04 Å². The lowest BCUT2D eigenvalue weighted by molar-refractivity contribution is 0.288. The first kappa shape index (κ1) is 10.9. The summed E-state index contributed by atoms with van der Waals surface area (Å²) in [5.74, 6) is 0.744. The van der Waals surface area contributed by atoms with Gasteiger partial charge in [0.25, 0.3) is 0 Å². The lowest BCUT2D eigenvalue weighted by Crippen LogP contribution is -2.34. The van der Waals surface area contributed by atoms with Crippen molar-refractivity contribution in [2.45, 2.75) is 26.3 Å². The highest BCUT2D eigenvalue weighted by Gasteiger charge is 2.15. The fourth-order valence-corrected chi connectivity index (χ4v) is 1.30. The fourth-order valence-electron chi connectivity index (χ4n) is 1.30. The molecule has 0 aliphatic rings. The van der Waals surface area contributed by atoms with Crippen LogP contribution in [-0.2, 0) is 7.05 Å². The average Bonchev–Trinajstić information content (AvgIpc) is 2.52. The lowest BCUT2D eigenvalue weighted by atomic mass is 10.3. The number of nitrogens with zero attached hydrogens (tertiary/aromatic N) is 5. The minimum atomic E-state index is 0.189. The van der Waals surface area contributed by atoms with Crippen molar-refractivity contribution < 1.29 is 5.11 Å². The van der Waals surface area contributed by atoms with E-state index >= 15 is 0 Å². The molecule has 0 spiro atoms. The van der Waals surface area contributed by atoms with Crippen LogP contribution < -0.4 is 4.90 Å². The van der Waals surface area contributed by atoms with Crippen molar-refractivity contribution in [3.8, 4) is 0 Å². The fraction of sp³-hybridized carbons (Fsp3) is 0.875. The van der Waals surface area contributed by atoms with Crippen LogP contribution in [0.1, 0.15) is 20.3 Å². The summed E-state index contributed by atoms with van der Waals surface area (Å²) in [6.45, 7) is 5.11. The van der Waals surface area contributed by atoms with E-state index < -0.39 is 0 Å². The van der Waals surface area contributed by atoms with Gasteiger partial charge in [-0.3, -0.25) is 0 Å². The van der Waals surface area contributed by atoms with E-state index in [9.17, 15) is 0 Å². The summed E-state index contributed by atoms with van der Waals surface area (Å²) < 4.78 is 1.64.